The maximum absolute atomic E-state index is 12.0. The summed E-state index contributed by atoms with van der Waals surface area (Å²) in [6.07, 6.45) is 2.65. The number of hydrogen-bond acceptors (Lipinski definition) is 4. The Morgan fingerprint density at radius 2 is 1.78 bits per heavy atom. The van der Waals surface area contributed by atoms with Crippen molar-refractivity contribution in [1.82, 2.24) is 9.88 Å². The number of carbonyl (C=O) groups excluding carboxylic acids is 3. The van der Waals surface area contributed by atoms with Gasteiger partial charge in [0, 0.05) is 12.4 Å². The second kappa shape index (κ2) is 5.97. The fraction of sp³-hybridized carbons (Fsp3) is 0.200. The minimum Gasteiger partial charge on any atom is -0.368 e. The van der Waals surface area contributed by atoms with Gasteiger partial charge in [-0.05, 0) is 6.07 Å². The van der Waals surface area contributed by atoms with Crippen LogP contribution in [0.2, 0.25) is 5.02 Å². The van der Waals surface area contributed by atoms with Crippen LogP contribution >= 0.6 is 11.6 Å². The van der Waals surface area contributed by atoms with E-state index in [0.29, 0.717) is 0 Å². The number of hydrogen-bond donors (Lipinski definition) is 2. The molecule has 4 N–H and O–H groups in total. The van der Waals surface area contributed by atoms with Crippen molar-refractivity contribution in [2.45, 2.75) is 0 Å². The first-order chi connectivity index (χ1) is 8.41. The van der Waals surface area contributed by atoms with Gasteiger partial charge in [0.15, 0.2) is 0 Å². The highest BCUT2D eigenvalue weighted by molar-refractivity contribution is 6.33. The van der Waals surface area contributed by atoms with Gasteiger partial charge < -0.3 is 16.4 Å². The lowest BCUT2D eigenvalue weighted by molar-refractivity contribution is -0.121. The van der Waals surface area contributed by atoms with E-state index >= 15 is 0 Å². The Morgan fingerprint density at radius 1 is 1.22 bits per heavy atom. The second-order valence-electron chi connectivity index (χ2n) is 3.45. The summed E-state index contributed by atoms with van der Waals surface area (Å²) in [6.45, 7) is -0.832. The largest absolute Gasteiger partial charge is 0.368 e. The number of nitrogens with two attached hydrogens (primary N) is 2. The van der Waals surface area contributed by atoms with Gasteiger partial charge in [-0.15, -0.1) is 0 Å². The maximum atomic E-state index is 12.0. The van der Waals surface area contributed by atoms with E-state index < -0.39 is 30.8 Å². The molecule has 8 heteroatoms. The predicted octanol–water partition coefficient (Wildman–Crippen LogP) is -0.852. The third-order valence-electron chi connectivity index (χ3n) is 1.98. The summed E-state index contributed by atoms with van der Waals surface area (Å²) in [7, 11) is 0. The van der Waals surface area contributed by atoms with E-state index in [9.17, 15) is 14.4 Å². The molecule has 0 aliphatic rings. The Balaban J connectivity index is 2.98. The molecule has 0 saturated carbocycles. The van der Waals surface area contributed by atoms with Crippen LogP contribution in [0.25, 0.3) is 0 Å². The minimum absolute atomic E-state index is 0.112. The first kappa shape index (κ1) is 13.9. The summed E-state index contributed by atoms with van der Waals surface area (Å²) in [5.41, 5.74) is 10.1. The molecular weight excluding hydrogens is 260 g/mol. The van der Waals surface area contributed by atoms with Crippen molar-refractivity contribution >= 4 is 29.3 Å². The Morgan fingerprint density at radius 3 is 2.22 bits per heavy atom. The van der Waals surface area contributed by atoms with Gasteiger partial charge in [-0.3, -0.25) is 19.4 Å². The second-order valence-corrected chi connectivity index (χ2v) is 3.86. The zero-order chi connectivity index (χ0) is 13.7. The number of rotatable bonds is 5. The van der Waals surface area contributed by atoms with Crippen molar-refractivity contribution in [2.24, 2.45) is 11.5 Å². The number of nitrogens with zero attached hydrogens (tertiary/aromatic N) is 2. The lowest BCUT2D eigenvalue weighted by atomic mass is 10.2. The molecule has 0 aliphatic heterocycles. The standard InChI is InChI=1S/C10H11ClN4O3/c11-7-3-14-2-1-6(7)10(18)15(4-8(12)16)5-9(13)17/h1-3H,4-5H2,(H2,12,16)(H2,13,17). The van der Waals surface area contributed by atoms with E-state index in [-0.39, 0.29) is 10.6 Å². The highest BCUT2D eigenvalue weighted by Gasteiger charge is 2.21. The molecule has 0 radical (unpaired) electrons. The Hall–Kier alpha value is -2.15. The molecule has 1 aromatic rings. The van der Waals surface area contributed by atoms with Gasteiger partial charge in [-0.25, -0.2) is 0 Å². The third kappa shape index (κ3) is 3.70. The van der Waals surface area contributed by atoms with E-state index in [1.54, 1.807) is 0 Å². The van der Waals surface area contributed by atoms with Crippen LogP contribution in [0, 0.1) is 0 Å². The van der Waals surface area contributed by atoms with Gasteiger partial charge in [0.05, 0.1) is 10.6 Å². The fourth-order valence-corrected chi connectivity index (χ4v) is 1.49. The van der Waals surface area contributed by atoms with Crippen molar-refractivity contribution in [2.75, 3.05) is 13.1 Å². The third-order valence-corrected chi connectivity index (χ3v) is 2.28. The lowest BCUT2D eigenvalue weighted by Gasteiger charge is -2.19. The van der Waals surface area contributed by atoms with Crippen molar-refractivity contribution in [3.63, 3.8) is 0 Å². The van der Waals surface area contributed by atoms with Crippen LogP contribution in [0.4, 0.5) is 0 Å². The van der Waals surface area contributed by atoms with Crippen LogP contribution in [-0.4, -0.2) is 40.7 Å². The summed E-state index contributed by atoms with van der Waals surface area (Å²) in [4.78, 5) is 38.4. The molecule has 0 unspecified atom stereocenters. The molecule has 0 atom stereocenters. The van der Waals surface area contributed by atoms with Crippen molar-refractivity contribution in [3.8, 4) is 0 Å². The van der Waals surface area contributed by atoms with Gasteiger partial charge >= 0.3 is 0 Å². The van der Waals surface area contributed by atoms with E-state index in [1.807, 2.05) is 0 Å². The van der Waals surface area contributed by atoms with Gasteiger partial charge in [0.25, 0.3) is 5.91 Å². The van der Waals surface area contributed by atoms with Gasteiger partial charge in [-0.2, -0.15) is 0 Å². The summed E-state index contributed by atoms with van der Waals surface area (Å²) >= 11 is 5.79. The minimum atomic E-state index is -0.755. The van der Waals surface area contributed by atoms with Crippen LogP contribution in [0.15, 0.2) is 18.5 Å². The average Bonchev–Trinajstić information content (AvgIpc) is 2.26. The zero-order valence-electron chi connectivity index (χ0n) is 9.30. The molecule has 0 aromatic carbocycles. The molecule has 0 bridgehead atoms. The van der Waals surface area contributed by atoms with E-state index in [1.165, 1.54) is 18.5 Å². The normalized spacial score (nSPS) is 9.83. The molecule has 96 valence electrons. The quantitative estimate of drug-likeness (QED) is 0.724. The van der Waals surface area contributed by atoms with Crippen molar-refractivity contribution < 1.29 is 14.4 Å². The maximum Gasteiger partial charge on any atom is 0.256 e. The van der Waals surface area contributed by atoms with Crippen LogP contribution in [0.5, 0.6) is 0 Å². The monoisotopic (exact) mass is 270 g/mol. The highest BCUT2D eigenvalue weighted by atomic mass is 35.5. The summed E-state index contributed by atoms with van der Waals surface area (Å²) in [5, 5.41) is 0.112. The first-order valence-electron chi connectivity index (χ1n) is 4.87. The average molecular weight is 271 g/mol. The SMILES string of the molecule is NC(=O)CN(CC(N)=O)C(=O)c1ccncc1Cl. The number of halogens is 1. The molecule has 0 saturated heterocycles. The number of carbonyl (C=O) groups is 3. The van der Waals surface area contributed by atoms with Gasteiger partial charge in [0.2, 0.25) is 11.8 Å². The lowest BCUT2D eigenvalue weighted by Crippen LogP contribution is -2.43. The number of amides is 3. The molecule has 0 aliphatic carbocycles. The van der Waals surface area contributed by atoms with Crippen molar-refractivity contribution in [1.29, 1.82) is 0 Å². The van der Waals surface area contributed by atoms with Crippen LogP contribution in [-0.2, 0) is 9.59 Å². The summed E-state index contributed by atoms with van der Waals surface area (Å²) in [5.74, 6) is -2.12. The van der Waals surface area contributed by atoms with Gasteiger partial charge in [0.1, 0.15) is 13.1 Å². The molecule has 1 aromatic heterocycles. The molecule has 3 amide bonds. The Bertz CT molecular complexity index is 476. The molecule has 0 fully saturated rings. The van der Waals surface area contributed by atoms with Crippen LogP contribution < -0.4 is 11.5 Å². The van der Waals surface area contributed by atoms with E-state index in [0.717, 1.165) is 4.90 Å². The Kier molecular flexibility index (Phi) is 4.61. The highest BCUT2D eigenvalue weighted by Crippen LogP contribution is 2.15. The van der Waals surface area contributed by atoms with Gasteiger partial charge in [-0.1, -0.05) is 11.6 Å². The molecule has 1 rings (SSSR count). The van der Waals surface area contributed by atoms with E-state index in [2.05, 4.69) is 4.98 Å². The molecule has 18 heavy (non-hydrogen) atoms. The summed E-state index contributed by atoms with van der Waals surface area (Å²) < 4.78 is 0. The summed E-state index contributed by atoms with van der Waals surface area (Å²) in [6, 6.07) is 1.37. The Labute approximate surface area is 108 Å². The van der Waals surface area contributed by atoms with Crippen molar-refractivity contribution in [3.05, 3.63) is 29.0 Å². The smallest absolute Gasteiger partial charge is 0.256 e. The number of pyridine rings is 1. The topological polar surface area (TPSA) is 119 Å². The van der Waals surface area contributed by atoms with E-state index in [4.69, 9.17) is 23.1 Å². The van der Waals surface area contributed by atoms with Crippen LogP contribution in [0.1, 0.15) is 10.4 Å². The first-order valence-corrected chi connectivity index (χ1v) is 5.25. The number of primary amides is 2. The molecule has 1 heterocycles. The van der Waals surface area contributed by atoms with Crippen LogP contribution in [0.3, 0.4) is 0 Å². The molecular formula is C10H11ClN4O3. The number of aromatic nitrogens is 1. The molecule has 7 nitrogen and oxygen atoms in total. The predicted molar refractivity (Wildman–Crippen MR) is 63.5 cm³/mol. The fourth-order valence-electron chi connectivity index (χ4n) is 1.29. The molecule has 0 spiro atoms. The zero-order valence-corrected chi connectivity index (χ0v) is 10.1.